The van der Waals surface area contributed by atoms with E-state index in [1.54, 1.807) is 6.08 Å². The number of carbonyl (C=O) groups is 2. The SMILES string of the molecule is CC/C=C/C=C/C=C\CCCCCCCC(=O)OC1C(OCC(NC(=O)C(O)CCCCCC/C=C\C/C=C\C/C=C\C/C=C\CCCCC)C(O)/C=C/CCCCCCCCCCC)OC(CO)C(O)C1O. The Morgan fingerprint density at radius 1 is 0.562 bits per heavy atom. The molecular formula is C62H105NO10. The molecule has 8 atom stereocenters. The van der Waals surface area contributed by atoms with E-state index < -0.39 is 67.4 Å². The summed E-state index contributed by atoms with van der Waals surface area (Å²) in [5, 5.41) is 56.8. The summed E-state index contributed by atoms with van der Waals surface area (Å²) in [7, 11) is 0. The van der Waals surface area contributed by atoms with Crippen molar-refractivity contribution in [3.8, 4) is 0 Å². The van der Waals surface area contributed by atoms with Gasteiger partial charge < -0.3 is 45.1 Å². The van der Waals surface area contributed by atoms with E-state index in [1.165, 1.54) is 64.2 Å². The zero-order valence-corrected chi connectivity index (χ0v) is 46.0. The van der Waals surface area contributed by atoms with Crippen LogP contribution in [-0.4, -0.2) is 99.6 Å². The Morgan fingerprint density at radius 2 is 1.04 bits per heavy atom. The number of unbranched alkanes of at least 4 members (excludes halogenated alkanes) is 21. The molecule has 0 spiro atoms. The second-order valence-electron chi connectivity index (χ2n) is 19.7. The summed E-state index contributed by atoms with van der Waals surface area (Å²) in [6.07, 6.45) is 54.5. The van der Waals surface area contributed by atoms with Crippen LogP contribution in [0.25, 0.3) is 0 Å². The van der Waals surface area contributed by atoms with E-state index in [2.05, 4.69) is 92.9 Å². The zero-order valence-electron chi connectivity index (χ0n) is 46.0. The Morgan fingerprint density at radius 3 is 1.62 bits per heavy atom. The topological polar surface area (TPSA) is 175 Å². The molecule has 0 aromatic rings. The molecule has 0 saturated carbocycles. The Bertz CT molecular complexity index is 1550. The maximum atomic E-state index is 13.4. The predicted octanol–water partition coefficient (Wildman–Crippen LogP) is 13.2. The van der Waals surface area contributed by atoms with Crippen LogP contribution in [0.15, 0.2) is 97.2 Å². The molecule has 1 saturated heterocycles. The average Bonchev–Trinajstić information content (AvgIpc) is 3.39. The van der Waals surface area contributed by atoms with Gasteiger partial charge in [-0.1, -0.05) is 221 Å². The van der Waals surface area contributed by atoms with Crippen molar-refractivity contribution in [3.05, 3.63) is 97.2 Å². The van der Waals surface area contributed by atoms with Crippen molar-refractivity contribution < 1.29 is 49.3 Å². The minimum Gasteiger partial charge on any atom is -0.454 e. The lowest BCUT2D eigenvalue weighted by Crippen LogP contribution is -2.61. The summed E-state index contributed by atoms with van der Waals surface area (Å²) in [6, 6.07) is -1.04. The number of hydrogen-bond acceptors (Lipinski definition) is 10. The molecule has 1 aliphatic rings. The van der Waals surface area contributed by atoms with Crippen molar-refractivity contribution in [1.82, 2.24) is 5.32 Å². The van der Waals surface area contributed by atoms with Gasteiger partial charge in [0.05, 0.1) is 25.4 Å². The second kappa shape index (κ2) is 49.5. The van der Waals surface area contributed by atoms with E-state index >= 15 is 0 Å². The molecule has 73 heavy (non-hydrogen) atoms. The minimum atomic E-state index is -1.63. The Kier molecular flexibility index (Phi) is 45.8. The molecule has 0 aliphatic carbocycles. The monoisotopic (exact) mass is 1020 g/mol. The normalized spacial score (nSPS) is 20.1. The zero-order chi connectivity index (χ0) is 53.3. The van der Waals surface area contributed by atoms with Crippen LogP contribution in [0.4, 0.5) is 0 Å². The fourth-order valence-electron chi connectivity index (χ4n) is 8.40. The first-order chi connectivity index (χ1) is 35.7. The summed E-state index contributed by atoms with van der Waals surface area (Å²) in [6.45, 7) is 5.57. The highest BCUT2D eigenvalue weighted by Crippen LogP contribution is 2.26. The highest BCUT2D eigenvalue weighted by atomic mass is 16.7. The second-order valence-corrected chi connectivity index (χ2v) is 19.7. The van der Waals surface area contributed by atoms with Crippen molar-refractivity contribution in [2.45, 2.75) is 269 Å². The van der Waals surface area contributed by atoms with Crippen molar-refractivity contribution in [2.24, 2.45) is 0 Å². The van der Waals surface area contributed by atoms with Crippen LogP contribution < -0.4 is 5.32 Å². The van der Waals surface area contributed by atoms with Crippen LogP contribution in [0.3, 0.4) is 0 Å². The number of nitrogens with one attached hydrogen (secondary N) is 1. The molecule has 1 heterocycles. The molecule has 6 N–H and O–H groups in total. The van der Waals surface area contributed by atoms with Crippen LogP contribution in [-0.2, 0) is 23.8 Å². The van der Waals surface area contributed by atoms with Gasteiger partial charge in [0.1, 0.15) is 24.4 Å². The maximum Gasteiger partial charge on any atom is 0.306 e. The van der Waals surface area contributed by atoms with Crippen LogP contribution in [0.2, 0.25) is 0 Å². The van der Waals surface area contributed by atoms with Gasteiger partial charge in [-0.2, -0.15) is 0 Å². The van der Waals surface area contributed by atoms with Gasteiger partial charge in [0.15, 0.2) is 12.4 Å². The number of aliphatic hydroxyl groups is 5. The lowest BCUT2D eigenvalue weighted by Gasteiger charge is -2.41. The van der Waals surface area contributed by atoms with E-state index in [4.69, 9.17) is 14.2 Å². The number of carbonyl (C=O) groups excluding carboxylic acids is 2. The smallest absolute Gasteiger partial charge is 0.306 e. The van der Waals surface area contributed by atoms with E-state index in [9.17, 15) is 35.1 Å². The van der Waals surface area contributed by atoms with Crippen LogP contribution in [0.1, 0.15) is 220 Å². The first-order valence-corrected chi connectivity index (χ1v) is 29.0. The third kappa shape index (κ3) is 37.9. The summed E-state index contributed by atoms with van der Waals surface area (Å²) in [5.41, 5.74) is 0. The standard InChI is InChI=1S/C62H105NO10/c1-4-7-10-13-16-19-22-24-25-26-27-28-29-30-32-34-37-40-43-46-49-55(66)61(70)63-53(54(65)48-45-42-39-36-33-21-18-15-12-9-6-3)52-71-62-60(59(69)58(68)56(51-64)72-62)73-57(67)50-47-44-41-38-35-31-23-20-17-14-11-8-5-2/h8,11,14,16-17,19-20,23-25,27-28,30,32,45,48,53-56,58-60,62,64-66,68-69H,4-7,9-10,12-13,15,18,21-22,26,29,31,33-44,46-47,49-52H2,1-3H3,(H,63,70)/b11-8+,17-14+,19-16-,23-20-,25-24-,28-27-,32-30-,48-45+. The van der Waals surface area contributed by atoms with Gasteiger partial charge in [0.2, 0.25) is 5.91 Å². The average molecular weight is 1020 g/mol. The van der Waals surface area contributed by atoms with Gasteiger partial charge in [0, 0.05) is 6.42 Å². The van der Waals surface area contributed by atoms with E-state index in [0.29, 0.717) is 12.8 Å². The van der Waals surface area contributed by atoms with Gasteiger partial charge >= 0.3 is 5.97 Å². The Balaban J connectivity index is 2.73. The first kappa shape index (κ1) is 67.6. The van der Waals surface area contributed by atoms with Gasteiger partial charge in [0.25, 0.3) is 0 Å². The fourth-order valence-corrected chi connectivity index (χ4v) is 8.40. The number of amides is 1. The molecule has 0 bridgehead atoms. The minimum absolute atomic E-state index is 0.0931. The number of ether oxygens (including phenoxy) is 3. The van der Waals surface area contributed by atoms with Crippen molar-refractivity contribution in [2.75, 3.05) is 13.2 Å². The Hall–Kier alpha value is -3.42. The number of esters is 1. The highest BCUT2D eigenvalue weighted by molar-refractivity contribution is 5.80. The summed E-state index contributed by atoms with van der Waals surface area (Å²) in [4.78, 5) is 26.4. The van der Waals surface area contributed by atoms with Crippen LogP contribution in [0.5, 0.6) is 0 Å². The van der Waals surface area contributed by atoms with E-state index in [1.807, 2.05) is 24.3 Å². The molecule has 0 aromatic heterocycles. The molecule has 11 nitrogen and oxygen atoms in total. The van der Waals surface area contributed by atoms with Gasteiger partial charge in [-0.05, 0) is 89.9 Å². The molecule has 8 unspecified atom stereocenters. The third-order valence-electron chi connectivity index (χ3n) is 13.0. The summed E-state index contributed by atoms with van der Waals surface area (Å²) < 4.78 is 17.5. The van der Waals surface area contributed by atoms with E-state index in [0.717, 1.165) is 109 Å². The molecule has 1 aliphatic heterocycles. The lowest BCUT2D eigenvalue weighted by molar-refractivity contribution is -0.305. The highest BCUT2D eigenvalue weighted by Gasteiger charge is 2.47. The van der Waals surface area contributed by atoms with Gasteiger partial charge in [-0.15, -0.1) is 0 Å². The number of allylic oxidation sites excluding steroid dienone is 15. The van der Waals surface area contributed by atoms with Crippen molar-refractivity contribution in [1.29, 1.82) is 0 Å². The maximum absolute atomic E-state index is 13.4. The summed E-state index contributed by atoms with van der Waals surface area (Å²) in [5.74, 6) is -1.24. The number of rotatable bonds is 47. The Labute approximate surface area is 444 Å². The largest absolute Gasteiger partial charge is 0.454 e. The molecular weight excluding hydrogens is 919 g/mol. The molecule has 418 valence electrons. The first-order valence-electron chi connectivity index (χ1n) is 29.0. The van der Waals surface area contributed by atoms with Crippen molar-refractivity contribution in [3.63, 3.8) is 0 Å². The molecule has 0 aromatic carbocycles. The molecule has 1 amide bonds. The number of aliphatic hydroxyl groups excluding tert-OH is 5. The lowest BCUT2D eigenvalue weighted by atomic mass is 9.99. The van der Waals surface area contributed by atoms with Gasteiger partial charge in [-0.25, -0.2) is 0 Å². The molecule has 1 rings (SSSR count). The fraction of sp³-hybridized carbons (Fsp3) is 0.710. The molecule has 11 heteroatoms. The predicted molar refractivity (Wildman–Crippen MR) is 301 cm³/mol. The quantitative estimate of drug-likeness (QED) is 0.0149. The number of hydrogen-bond donors (Lipinski definition) is 6. The van der Waals surface area contributed by atoms with Crippen LogP contribution in [0, 0.1) is 0 Å². The molecule has 1 fully saturated rings. The third-order valence-corrected chi connectivity index (χ3v) is 13.0. The van der Waals surface area contributed by atoms with E-state index in [-0.39, 0.29) is 19.4 Å². The van der Waals surface area contributed by atoms with Crippen LogP contribution >= 0.6 is 0 Å². The van der Waals surface area contributed by atoms with Gasteiger partial charge in [-0.3, -0.25) is 9.59 Å². The van der Waals surface area contributed by atoms with Crippen molar-refractivity contribution >= 4 is 11.9 Å². The molecule has 0 radical (unpaired) electrons. The summed E-state index contributed by atoms with van der Waals surface area (Å²) >= 11 is 0.